The van der Waals surface area contributed by atoms with Gasteiger partial charge in [-0.15, -0.1) is 0 Å². The highest BCUT2D eigenvalue weighted by Gasteiger charge is 2.28. The van der Waals surface area contributed by atoms with Gasteiger partial charge in [0.15, 0.2) is 0 Å². The lowest BCUT2D eigenvalue weighted by Gasteiger charge is -2.36. The fourth-order valence-electron chi connectivity index (χ4n) is 2.22. The summed E-state index contributed by atoms with van der Waals surface area (Å²) >= 11 is 0. The van der Waals surface area contributed by atoms with E-state index in [4.69, 9.17) is 5.26 Å². The average Bonchev–Trinajstić information content (AvgIpc) is 2.44. The highest BCUT2D eigenvalue weighted by Crippen LogP contribution is 2.14. The number of hydrogen-bond donors (Lipinski definition) is 0. The lowest BCUT2D eigenvalue weighted by molar-refractivity contribution is -0.175. The molecule has 0 aromatic carbocycles. The molecule has 120 valence electrons. The second kappa shape index (κ2) is 8.20. The molecule has 0 N–H and O–H groups in total. The number of rotatable bonds is 6. The Kier molecular flexibility index (Phi) is 6.92. The Morgan fingerprint density at radius 1 is 1.33 bits per heavy atom. The monoisotopic (exact) mass is 307 g/mol. The fourth-order valence-corrected chi connectivity index (χ4v) is 2.22. The topological polar surface area (TPSA) is 56.6 Å². The van der Waals surface area contributed by atoms with E-state index >= 15 is 0 Å². The van der Waals surface area contributed by atoms with Crippen molar-refractivity contribution in [2.45, 2.75) is 32.0 Å². The summed E-state index contributed by atoms with van der Waals surface area (Å²) in [5.41, 5.74) is 0. The second-order valence-electron chi connectivity index (χ2n) is 4.89. The van der Waals surface area contributed by atoms with Gasteiger partial charge in [0.2, 0.25) is 5.91 Å². The molecule has 0 aromatic heterocycles. The Bertz CT molecular complexity index is 374. The molecule has 1 unspecified atom stereocenters. The van der Waals surface area contributed by atoms with Gasteiger partial charge < -0.3 is 9.64 Å². The maximum Gasteiger partial charge on any atom is 0.411 e. The first-order chi connectivity index (χ1) is 9.87. The Labute approximate surface area is 122 Å². The maximum absolute atomic E-state index is 11.9. The lowest BCUT2D eigenvalue weighted by Crippen LogP contribution is -2.51. The molecule has 1 aliphatic heterocycles. The number of alkyl halides is 3. The third-order valence-corrected chi connectivity index (χ3v) is 3.37. The Hall–Kier alpha value is -1.33. The SMILES string of the molecule is CCC(C#N)N1CCN(C(=O)CCOCC(F)(F)F)CC1. The van der Waals surface area contributed by atoms with Crippen LogP contribution in [0.25, 0.3) is 0 Å². The second-order valence-corrected chi connectivity index (χ2v) is 4.89. The van der Waals surface area contributed by atoms with E-state index in [0.29, 0.717) is 26.2 Å². The molecule has 1 rings (SSSR count). The number of ether oxygens (including phenoxy) is 1. The number of nitriles is 1. The van der Waals surface area contributed by atoms with Crippen LogP contribution >= 0.6 is 0 Å². The van der Waals surface area contributed by atoms with Crippen LogP contribution in [0.4, 0.5) is 13.2 Å². The number of carbonyl (C=O) groups is 1. The van der Waals surface area contributed by atoms with Crippen molar-refractivity contribution in [2.24, 2.45) is 0 Å². The molecule has 0 aliphatic carbocycles. The van der Waals surface area contributed by atoms with Gasteiger partial charge in [-0.1, -0.05) is 6.92 Å². The van der Waals surface area contributed by atoms with E-state index in [1.54, 1.807) is 4.90 Å². The minimum absolute atomic E-state index is 0.0501. The summed E-state index contributed by atoms with van der Waals surface area (Å²) in [4.78, 5) is 15.4. The number of halogens is 3. The summed E-state index contributed by atoms with van der Waals surface area (Å²) in [6.45, 7) is 2.60. The Morgan fingerprint density at radius 2 is 1.95 bits per heavy atom. The standard InChI is InChI=1S/C13H20F3N3O2/c1-2-11(9-17)18-4-6-19(7-5-18)12(20)3-8-21-10-13(14,15)16/h11H,2-8,10H2,1H3. The Balaban J connectivity index is 2.25. The van der Waals surface area contributed by atoms with Gasteiger partial charge in [-0.25, -0.2) is 0 Å². The van der Waals surface area contributed by atoms with Crippen molar-refractivity contribution in [3.63, 3.8) is 0 Å². The largest absolute Gasteiger partial charge is 0.411 e. The Morgan fingerprint density at radius 3 is 2.43 bits per heavy atom. The van der Waals surface area contributed by atoms with Crippen LogP contribution in [-0.4, -0.2) is 67.3 Å². The molecule has 0 saturated carbocycles. The quantitative estimate of drug-likeness (QED) is 0.696. The molecule has 0 aromatic rings. The molecule has 8 heteroatoms. The van der Waals surface area contributed by atoms with E-state index in [0.717, 1.165) is 6.42 Å². The van der Waals surface area contributed by atoms with Gasteiger partial charge in [0, 0.05) is 26.2 Å². The van der Waals surface area contributed by atoms with E-state index in [2.05, 4.69) is 10.8 Å². The molecule has 1 aliphatic rings. The smallest absolute Gasteiger partial charge is 0.372 e. The van der Waals surface area contributed by atoms with Gasteiger partial charge >= 0.3 is 6.18 Å². The van der Waals surface area contributed by atoms with Gasteiger partial charge in [-0.05, 0) is 6.42 Å². The van der Waals surface area contributed by atoms with E-state index in [1.165, 1.54) is 0 Å². The van der Waals surface area contributed by atoms with Crippen molar-refractivity contribution in [1.29, 1.82) is 5.26 Å². The summed E-state index contributed by atoms with van der Waals surface area (Å²) in [7, 11) is 0. The van der Waals surface area contributed by atoms with E-state index < -0.39 is 12.8 Å². The summed E-state index contributed by atoms with van der Waals surface area (Å²) < 4.78 is 40.0. The molecule has 0 spiro atoms. The third-order valence-electron chi connectivity index (χ3n) is 3.37. The first-order valence-corrected chi connectivity index (χ1v) is 6.93. The van der Waals surface area contributed by atoms with Gasteiger partial charge in [0.1, 0.15) is 6.61 Å². The first-order valence-electron chi connectivity index (χ1n) is 6.93. The first kappa shape index (κ1) is 17.7. The zero-order chi connectivity index (χ0) is 15.9. The van der Waals surface area contributed by atoms with Gasteiger partial charge in [0.05, 0.1) is 25.1 Å². The minimum atomic E-state index is -4.36. The van der Waals surface area contributed by atoms with Crippen LogP contribution < -0.4 is 0 Å². The molecule has 1 atom stereocenters. The molecule has 5 nitrogen and oxygen atoms in total. The van der Waals surface area contributed by atoms with Crippen LogP contribution in [0.2, 0.25) is 0 Å². The number of nitrogens with zero attached hydrogens (tertiary/aromatic N) is 3. The number of piperazine rings is 1. The van der Waals surface area contributed by atoms with Crippen molar-refractivity contribution in [1.82, 2.24) is 9.80 Å². The van der Waals surface area contributed by atoms with Gasteiger partial charge in [0.25, 0.3) is 0 Å². The number of carbonyl (C=O) groups excluding carboxylic acids is 1. The zero-order valence-electron chi connectivity index (χ0n) is 12.0. The molecule has 0 radical (unpaired) electrons. The van der Waals surface area contributed by atoms with E-state index in [-0.39, 0.29) is 25.0 Å². The number of amides is 1. The molecular formula is C13H20F3N3O2. The van der Waals surface area contributed by atoms with Crippen LogP contribution in [0.1, 0.15) is 19.8 Å². The molecular weight excluding hydrogens is 287 g/mol. The van der Waals surface area contributed by atoms with Gasteiger partial charge in [-0.2, -0.15) is 18.4 Å². The summed E-state index contributed by atoms with van der Waals surface area (Å²) in [5, 5.41) is 8.98. The van der Waals surface area contributed by atoms with Crippen LogP contribution in [0.3, 0.4) is 0 Å². The van der Waals surface area contributed by atoms with E-state index in [1.807, 2.05) is 11.8 Å². The van der Waals surface area contributed by atoms with Crippen LogP contribution in [0, 0.1) is 11.3 Å². The van der Waals surface area contributed by atoms with Crippen molar-refractivity contribution in [2.75, 3.05) is 39.4 Å². The van der Waals surface area contributed by atoms with Crippen LogP contribution in [0.15, 0.2) is 0 Å². The number of hydrogen-bond acceptors (Lipinski definition) is 4. The van der Waals surface area contributed by atoms with Crippen molar-refractivity contribution < 1.29 is 22.7 Å². The van der Waals surface area contributed by atoms with E-state index in [9.17, 15) is 18.0 Å². The van der Waals surface area contributed by atoms with Crippen molar-refractivity contribution >= 4 is 5.91 Å². The van der Waals surface area contributed by atoms with Crippen molar-refractivity contribution in [3.05, 3.63) is 0 Å². The van der Waals surface area contributed by atoms with Crippen LogP contribution in [0.5, 0.6) is 0 Å². The lowest BCUT2D eigenvalue weighted by atomic mass is 10.2. The zero-order valence-corrected chi connectivity index (χ0v) is 12.0. The van der Waals surface area contributed by atoms with Crippen LogP contribution in [-0.2, 0) is 9.53 Å². The molecule has 0 bridgehead atoms. The summed E-state index contributed by atoms with van der Waals surface area (Å²) in [5.74, 6) is -0.207. The normalized spacial score (nSPS) is 18.3. The molecule has 21 heavy (non-hydrogen) atoms. The predicted octanol–water partition coefficient (Wildman–Crippen LogP) is 1.40. The summed E-state index contributed by atoms with van der Waals surface area (Å²) in [6.07, 6.45) is -3.68. The fraction of sp³-hybridized carbons (Fsp3) is 0.846. The van der Waals surface area contributed by atoms with Crippen molar-refractivity contribution in [3.8, 4) is 6.07 Å². The molecule has 1 heterocycles. The third kappa shape index (κ3) is 6.31. The maximum atomic E-state index is 11.9. The predicted molar refractivity (Wildman–Crippen MR) is 69.3 cm³/mol. The highest BCUT2D eigenvalue weighted by molar-refractivity contribution is 5.76. The molecule has 1 fully saturated rings. The highest BCUT2D eigenvalue weighted by atomic mass is 19.4. The molecule has 1 amide bonds. The average molecular weight is 307 g/mol. The van der Waals surface area contributed by atoms with Gasteiger partial charge in [-0.3, -0.25) is 9.69 Å². The minimum Gasteiger partial charge on any atom is -0.372 e. The summed E-state index contributed by atoms with van der Waals surface area (Å²) in [6, 6.07) is 2.08. The molecule has 1 saturated heterocycles.